The van der Waals surface area contributed by atoms with Crippen molar-refractivity contribution in [3.8, 4) is 11.5 Å². The number of fused-ring (bicyclic) bond motifs is 1. The lowest BCUT2D eigenvalue weighted by atomic mass is 10.1. The monoisotopic (exact) mass is 222 g/mol. The minimum Gasteiger partial charge on any atom is -0.508 e. The molecule has 0 amide bonds. The lowest BCUT2D eigenvalue weighted by molar-refractivity contribution is 0.241. The molecule has 1 heterocycles. The van der Waals surface area contributed by atoms with Gasteiger partial charge in [0, 0.05) is 6.07 Å². The number of aromatic hydroxyl groups is 1. The van der Waals surface area contributed by atoms with Crippen LogP contribution in [-0.4, -0.2) is 17.3 Å². The molecule has 0 saturated carbocycles. The Morgan fingerprint density at radius 3 is 2.75 bits per heavy atom. The van der Waals surface area contributed by atoms with Crippen molar-refractivity contribution in [2.24, 2.45) is 0 Å². The van der Waals surface area contributed by atoms with Gasteiger partial charge in [-0.1, -0.05) is 0 Å². The molecule has 5 heteroatoms. The minimum atomic E-state index is -0.599. The number of ether oxygens (including phenoxy) is 1. The summed E-state index contributed by atoms with van der Waals surface area (Å²) in [7, 11) is 1.40. The van der Waals surface area contributed by atoms with E-state index in [-0.39, 0.29) is 29.3 Å². The number of aliphatic hydroxyl groups is 1. The molecule has 0 bridgehead atoms. The van der Waals surface area contributed by atoms with Gasteiger partial charge in [0.05, 0.1) is 7.11 Å². The molecule has 0 saturated heterocycles. The van der Waals surface area contributed by atoms with Crippen molar-refractivity contribution in [3.63, 3.8) is 0 Å². The van der Waals surface area contributed by atoms with Gasteiger partial charge in [0.15, 0.2) is 0 Å². The van der Waals surface area contributed by atoms with Crippen molar-refractivity contribution in [2.45, 2.75) is 6.61 Å². The molecule has 0 aliphatic heterocycles. The number of methoxy groups -OCH3 is 1. The van der Waals surface area contributed by atoms with E-state index in [4.69, 9.17) is 14.3 Å². The highest BCUT2D eigenvalue weighted by Crippen LogP contribution is 2.28. The van der Waals surface area contributed by atoms with Crippen molar-refractivity contribution >= 4 is 10.8 Å². The largest absolute Gasteiger partial charge is 0.508 e. The Balaban J connectivity index is 2.88. The summed E-state index contributed by atoms with van der Waals surface area (Å²) >= 11 is 0. The fourth-order valence-electron chi connectivity index (χ4n) is 1.57. The Labute approximate surface area is 90.5 Å². The molecule has 0 fully saturated rings. The van der Waals surface area contributed by atoms with Gasteiger partial charge in [-0.25, -0.2) is 4.79 Å². The second-order valence-corrected chi connectivity index (χ2v) is 3.27. The Hall–Kier alpha value is -2.01. The highest BCUT2D eigenvalue weighted by atomic mass is 16.5. The van der Waals surface area contributed by atoms with Gasteiger partial charge in [0.2, 0.25) is 0 Å². The molecule has 2 aromatic rings. The quantitative estimate of drug-likeness (QED) is 0.792. The van der Waals surface area contributed by atoms with Crippen LogP contribution in [0.2, 0.25) is 0 Å². The van der Waals surface area contributed by atoms with Gasteiger partial charge in [-0.15, -0.1) is 0 Å². The van der Waals surface area contributed by atoms with Gasteiger partial charge in [-0.3, -0.25) is 0 Å². The zero-order valence-corrected chi connectivity index (χ0v) is 8.56. The smallest absolute Gasteiger partial charge is 0.347 e. The molecule has 1 aromatic heterocycles. The summed E-state index contributed by atoms with van der Waals surface area (Å²) in [6.45, 7) is -0.372. The molecule has 0 atom stereocenters. The molecule has 0 unspecified atom stereocenters. The van der Waals surface area contributed by atoms with Gasteiger partial charge >= 0.3 is 5.63 Å². The summed E-state index contributed by atoms with van der Waals surface area (Å²) in [6, 6.07) is 4.23. The first kappa shape index (κ1) is 10.5. The lowest BCUT2D eigenvalue weighted by Gasteiger charge is -2.05. The molecule has 0 aliphatic rings. The van der Waals surface area contributed by atoms with E-state index in [0.717, 1.165) is 0 Å². The zero-order valence-electron chi connectivity index (χ0n) is 8.56. The Morgan fingerprint density at radius 2 is 2.12 bits per heavy atom. The molecule has 0 spiro atoms. The van der Waals surface area contributed by atoms with Gasteiger partial charge in [-0.05, 0) is 17.5 Å². The maximum atomic E-state index is 11.6. The molecule has 16 heavy (non-hydrogen) atoms. The average Bonchev–Trinajstić information content (AvgIpc) is 2.26. The van der Waals surface area contributed by atoms with Crippen LogP contribution in [0.5, 0.6) is 11.5 Å². The van der Waals surface area contributed by atoms with Crippen molar-refractivity contribution in [1.82, 2.24) is 0 Å². The molecular formula is C11H10O5. The third-order valence-electron chi connectivity index (χ3n) is 2.24. The average molecular weight is 222 g/mol. The van der Waals surface area contributed by atoms with E-state index in [2.05, 4.69) is 0 Å². The van der Waals surface area contributed by atoms with E-state index in [1.54, 1.807) is 0 Å². The predicted octanol–water partition coefficient (Wildman–Crippen LogP) is 0.999. The first-order valence-electron chi connectivity index (χ1n) is 4.60. The summed E-state index contributed by atoms with van der Waals surface area (Å²) in [5, 5.41) is 19.0. The standard InChI is InChI=1S/C11H10O5/c1-15-9-4-7(13)2-6-3-8(5-12)16-11(14)10(6)9/h2-4,12-13H,5H2,1H3. The predicted molar refractivity (Wildman–Crippen MR) is 56.6 cm³/mol. The van der Waals surface area contributed by atoms with Crippen molar-refractivity contribution in [1.29, 1.82) is 0 Å². The maximum Gasteiger partial charge on any atom is 0.347 e. The Kier molecular flexibility index (Phi) is 2.54. The van der Waals surface area contributed by atoms with Crippen molar-refractivity contribution in [3.05, 3.63) is 34.4 Å². The summed E-state index contributed by atoms with van der Waals surface area (Å²) < 4.78 is 9.83. The third-order valence-corrected chi connectivity index (χ3v) is 2.24. The van der Waals surface area contributed by atoms with E-state index in [9.17, 15) is 9.90 Å². The molecular weight excluding hydrogens is 212 g/mol. The van der Waals surface area contributed by atoms with Crippen LogP contribution in [0.15, 0.2) is 27.4 Å². The van der Waals surface area contributed by atoms with E-state index < -0.39 is 5.63 Å². The number of benzene rings is 1. The molecule has 84 valence electrons. The fraction of sp³-hybridized carbons (Fsp3) is 0.182. The topological polar surface area (TPSA) is 79.9 Å². The Morgan fingerprint density at radius 1 is 1.38 bits per heavy atom. The summed E-state index contributed by atoms with van der Waals surface area (Å²) in [5.74, 6) is 0.372. The van der Waals surface area contributed by atoms with Gasteiger partial charge in [0.25, 0.3) is 0 Å². The van der Waals surface area contributed by atoms with Crippen LogP contribution in [0.4, 0.5) is 0 Å². The van der Waals surface area contributed by atoms with Crippen LogP contribution in [0.1, 0.15) is 5.76 Å². The SMILES string of the molecule is COc1cc(O)cc2cc(CO)oc(=O)c12. The second kappa shape index (κ2) is 3.86. The van der Waals surface area contributed by atoms with Crippen molar-refractivity contribution < 1.29 is 19.4 Å². The zero-order chi connectivity index (χ0) is 11.7. The minimum absolute atomic E-state index is 0.0150. The third kappa shape index (κ3) is 1.61. The molecule has 5 nitrogen and oxygen atoms in total. The summed E-state index contributed by atoms with van der Waals surface area (Å²) in [5.41, 5.74) is -0.599. The normalized spacial score (nSPS) is 10.6. The van der Waals surface area contributed by atoms with Crippen LogP contribution in [0.3, 0.4) is 0 Å². The molecule has 2 N–H and O–H groups in total. The summed E-state index contributed by atoms with van der Waals surface area (Å²) in [6.07, 6.45) is 0. The highest BCUT2D eigenvalue weighted by Gasteiger charge is 2.11. The maximum absolute atomic E-state index is 11.6. The Bertz CT molecular complexity index is 585. The first-order chi connectivity index (χ1) is 7.65. The van der Waals surface area contributed by atoms with E-state index >= 15 is 0 Å². The molecule has 1 aromatic carbocycles. The number of hydrogen-bond donors (Lipinski definition) is 2. The van der Waals surface area contributed by atoms with Crippen molar-refractivity contribution in [2.75, 3.05) is 7.11 Å². The number of hydrogen-bond acceptors (Lipinski definition) is 5. The molecule has 2 rings (SSSR count). The van der Waals surface area contributed by atoms with E-state index in [0.29, 0.717) is 5.39 Å². The van der Waals surface area contributed by atoms with E-state index in [1.165, 1.54) is 25.3 Å². The van der Waals surface area contributed by atoms with Gasteiger partial charge < -0.3 is 19.4 Å². The molecule has 0 aliphatic carbocycles. The summed E-state index contributed by atoms with van der Waals surface area (Å²) in [4.78, 5) is 11.6. The molecule has 0 radical (unpaired) electrons. The van der Waals surface area contributed by atoms with Crippen LogP contribution in [-0.2, 0) is 6.61 Å². The van der Waals surface area contributed by atoms with Crippen LogP contribution < -0.4 is 10.4 Å². The lowest BCUT2D eigenvalue weighted by Crippen LogP contribution is -2.04. The number of phenols is 1. The van der Waals surface area contributed by atoms with E-state index in [1.807, 2.05) is 0 Å². The van der Waals surface area contributed by atoms with Gasteiger partial charge in [0.1, 0.15) is 29.3 Å². The number of aliphatic hydroxyl groups excluding tert-OH is 1. The van der Waals surface area contributed by atoms with Gasteiger partial charge in [-0.2, -0.15) is 0 Å². The van der Waals surface area contributed by atoms with Crippen LogP contribution in [0.25, 0.3) is 10.8 Å². The highest BCUT2D eigenvalue weighted by molar-refractivity contribution is 5.88. The number of phenolic OH excluding ortho intramolecular Hbond substituents is 1. The van der Waals surface area contributed by atoms with Crippen LogP contribution >= 0.6 is 0 Å². The number of rotatable bonds is 2. The fourth-order valence-corrected chi connectivity index (χ4v) is 1.57. The second-order valence-electron chi connectivity index (χ2n) is 3.27. The first-order valence-corrected chi connectivity index (χ1v) is 4.60. The van der Waals surface area contributed by atoms with Crippen LogP contribution in [0, 0.1) is 0 Å².